The number of hydrogen-bond acceptors (Lipinski definition) is 2. The molecular formula is C16H23NO3. The van der Waals surface area contributed by atoms with Crippen LogP contribution in [0.3, 0.4) is 0 Å². The molecule has 0 aliphatic rings. The monoisotopic (exact) mass is 277 g/mol. The Hall–Kier alpha value is -1.84. The fourth-order valence-electron chi connectivity index (χ4n) is 2.23. The van der Waals surface area contributed by atoms with Crippen molar-refractivity contribution in [1.82, 2.24) is 4.90 Å². The summed E-state index contributed by atoms with van der Waals surface area (Å²) < 4.78 is 0. The van der Waals surface area contributed by atoms with Crippen LogP contribution in [-0.4, -0.2) is 28.4 Å². The topological polar surface area (TPSA) is 57.6 Å². The van der Waals surface area contributed by atoms with Gasteiger partial charge in [0.15, 0.2) is 6.04 Å². The minimum absolute atomic E-state index is 0.216. The smallest absolute Gasteiger partial charge is 0.331 e. The van der Waals surface area contributed by atoms with Gasteiger partial charge in [0.1, 0.15) is 0 Å². The van der Waals surface area contributed by atoms with Crippen LogP contribution in [0.15, 0.2) is 24.3 Å². The molecule has 1 N–H and O–H groups in total. The lowest BCUT2D eigenvalue weighted by Gasteiger charge is -2.28. The third-order valence-corrected chi connectivity index (χ3v) is 3.33. The third kappa shape index (κ3) is 3.83. The number of carboxylic acid groups (broad SMARTS) is 1. The van der Waals surface area contributed by atoms with E-state index in [0.29, 0.717) is 18.0 Å². The molecule has 4 heteroatoms. The Morgan fingerprint density at radius 2 is 1.65 bits per heavy atom. The number of carboxylic acids is 1. The summed E-state index contributed by atoms with van der Waals surface area (Å²) in [5, 5.41) is 9.46. The van der Waals surface area contributed by atoms with Gasteiger partial charge in [0.2, 0.25) is 5.91 Å². The van der Waals surface area contributed by atoms with Crippen LogP contribution in [0.25, 0.3) is 0 Å². The second kappa shape index (κ2) is 7.08. The Bertz CT molecular complexity index is 465. The van der Waals surface area contributed by atoms with E-state index in [4.69, 9.17) is 0 Å². The zero-order chi connectivity index (χ0) is 15.3. The highest BCUT2D eigenvalue weighted by Crippen LogP contribution is 2.24. The summed E-state index contributed by atoms with van der Waals surface area (Å²) in [6, 6.07) is 6.56. The predicted molar refractivity (Wildman–Crippen MR) is 78.6 cm³/mol. The normalized spacial score (nSPS) is 12.2. The van der Waals surface area contributed by atoms with Gasteiger partial charge in [0.25, 0.3) is 0 Å². The molecule has 1 rings (SSSR count). The molecule has 1 aromatic carbocycles. The number of nitrogens with zero attached hydrogens (tertiary/aromatic N) is 1. The van der Waals surface area contributed by atoms with Gasteiger partial charge in [-0.25, -0.2) is 4.79 Å². The van der Waals surface area contributed by atoms with Gasteiger partial charge in [-0.3, -0.25) is 4.79 Å². The van der Waals surface area contributed by atoms with Gasteiger partial charge in [-0.05, 0) is 23.5 Å². The summed E-state index contributed by atoms with van der Waals surface area (Å²) in [6.07, 6.45) is 0.730. The minimum atomic E-state index is -0.994. The maximum atomic E-state index is 11.7. The van der Waals surface area contributed by atoms with Crippen molar-refractivity contribution in [2.75, 3.05) is 6.54 Å². The van der Waals surface area contributed by atoms with Gasteiger partial charge in [0.05, 0.1) is 0 Å². The van der Waals surface area contributed by atoms with E-state index in [1.165, 1.54) is 11.8 Å². The molecule has 1 amide bonds. The summed E-state index contributed by atoms with van der Waals surface area (Å²) in [6.45, 7) is 7.95. The largest absolute Gasteiger partial charge is 0.479 e. The molecule has 0 aliphatic carbocycles. The Balaban J connectivity index is 3.12. The van der Waals surface area contributed by atoms with Crippen LogP contribution >= 0.6 is 0 Å². The lowest BCUT2D eigenvalue weighted by molar-refractivity contribution is -0.149. The Morgan fingerprint density at radius 1 is 1.15 bits per heavy atom. The van der Waals surface area contributed by atoms with Crippen LogP contribution < -0.4 is 0 Å². The van der Waals surface area contributed by atoms with E-state index < -0.39 is 12.0 Å². The molecule has 1 unspecified atom stereocenters. The molecule has 0 spiro atoms. The number of amides is 1. The Labute approximate surface area is 120 Å². The van der Waals surface area contributed by atoms with Crippen molar-refractivity contribution in [3.8, 4) is 0 Å². The molecule has 4 nitrogen and oxygen atoms in total. The van der Waals surface area contributed by atoms with Gasteiger partial charge in [-0.1, -0.05) is 45.0 Å². The van der Waals surface area contributed by atoms with E-state index in [2.05, 4.69) is 13.8 Å². The van der Waals surface area contributed by atoms with E-state index >= 15 is 0 Å². The summed E-state index contributed by atoms with van der Waals surface area (Å²) in [7, 11) is 0. The van der Waals surface area contributed by atoms with Gasteiger partial charge in [-0.15, -0.1) is 0 Å². The zero-order valence-electron chi connectivity index (χ0n) is 12.6. The highest BCUT2D eigenvalue weighted by atomic mass is 16.4. The molecule has 0 bridgehead atoms. The first-order valence-corrected chi connectivity index (χ1v) is 6.98. The molecule has 1 aromatic rings. The molecule has 1 atom stereocenters. The fraction of sp³-hybridized carbons (Fsp3) is 0.500. The van der Waals surface area contributed by atoms with Crippen molar-refractivity contribution in [3.05, 3.63) is 35.4 Å². The van der Waals surface area contributed by atoms with Crippen molar-refractivity contribution >= 4 is 11.9 Å². The van der Waals surface area contributed by atoms with Gasteiger partial charge in [-0.2, -0.15) is 0 Å². The van der Waals surface area contributed by atoms with E-state index in [-0.39, 0.29) is 5.91 Å². The van der Waals surface area contributed by atoms with Crippen LogP contribution in [0, 0.1) is 0 Å². The molecule has 20 heavy (non-hydrogen) atoms. The molecule has 0 fully saturated rings. The molecule has 110 valence electrons. The molecule has 0 saturated heterocycles. The van der Waals surface area contributed by atoms with Crippen molar-refractivity contribution in [1.29, 1.82) is 0 Å². The predicted octanol–water partition coefficient (Wildman–Crippen LogP) is 3.19. The quantitative estimate of drug-likeness (QED) is 0.868. The molecule has 0 aliphatic heterocycles. The Kier molecular flexibility index (Phi) is 5.74. The maximum Gasteiger partial charge on any atom is 0.331 e. The van der Waals surface area contributed by atoms with Crippen molar-refractivity contribution in [2.45, 2.75) is 46.1 Å². The van der Waals surface area contributed by atoms with Crippen LogP contribution in [0.5, 0.6) is 0 Å². The number of carbonyl (C=O) groups excluding carboxylic acids is 1. The van der Waals surface area contributed by atoms with Crippen LogP contribution in [0.2, 0.25) is 0 Å². The number of aliphatic carboxylic acids is 1. The van der Waals surface area contributed by atoms with E-state index in [0.717, 1.165) is 12.0 Å². The number of benzene rings is 1. The lowest BCUT2D eigenvalue weighted by atomic mass is 9.98. The maximum absolute atomic E-state index is 11.7. The van der Waals surface area contributed by atoms with Crippen LogP contribution in [0.4, 0.5) is 0 Å². The van der Waals surface area contributed by atoms with Crippen molar-refractivity contribution < 1.29 is 14.7 Å². The molecule has 0 aromatic heterocycles. The summed E-state index contributed by atoms with van der Waals surface area (Å²) >= 11 is 0. The zero-order valence-corrected chi connectivity index (χ0v) is 12.6. The second-order valence-corrected chi connectivity index (χ2v) is 5.27. The highest BCUT2D eigenvalue weighted by molar-refractivity contribution is 5.83. The SMILES string of the molecule is CCCN(C(C)=O)C(C(=O)O)c1ccc(C(C)C)cc1. The summed E-state index contributed by atoms with van der Waals surface area (Å²) in [4.78, 5) is 24.6. The van der Waals surface area contributed by atoms with Crippen LogP contribution in [-0.2, 0) is 9.59 Å². The second-order valence-electron chi connectivity index (χ2n) is 5.27. The van der Waals surface area contributed by atoms with Crippen molar-refractivity contribution in [3.63, 3.8) is 0 Å². The van der Waals surface area contributed by atoms with Crippen molar-refractivity contribution in [2.24, 2.45) is 0 Å². The summed E-state index contributed by atoms with van der Waals surface area (Å²) in [5.74, 6) is -0.815. The van der Waals surface area contributed by atoms with Gasteiger partial charge < -0.3 is 10.0 Å². The van der Waals surface area contributed by atoms with E-state index in [9.17, 15) is 14.7 Å². The average Bonchev–Trinajstić information content (AvgIpc) is 2.38. The third-order valence-electron chi connectivity index (χ3n) is 3.33. The fourth-order valence-corrected chi connectivity index (χ4v) is 2.23. The standard InChI is InChI=1S/C16H23NO3/c1-5-10-17(12(4)18)15(16(19)20)14-8-6-13(7-9-14)11(2)3/h6-9,11,15H,5,10H2,1-4H3,(H,19,20). The Morgan fingerprint density at radius 3 is 2.00 bits per heavy atom. The summed E-state index contributed by atoms with van der Waals surface area (Å²) in [5.41, 5.74) is 1.80. The van der Waals surface area contributed by atoms with Gasteiger partial charge >= 0.3 is 5.97 Å². The average molecular weight is 277 g/mol. The van der Waals surface area contributed by atoms with Crippen LogP contribution in [0.1, 0.15) is 57.2 Å². The minimum Gasteiger partial charge on any atom is -0.479 e. The lowest BCUT2D eigenvalue weighted by Crippen LogP contribution is -2.38. The van der Waals surface area contributed by atoms with E-state index in [1.807, 2.05) is 19.1 Å². The van der Waals surface area contributed by atoms with Gasteiger partial charge in [0, 0.05) is 13.5 Å². The molecule has 0 heterocycles. The number of carbonyl (C=O) groups is 2. The number of rotatable bonds is 6. The first-order valence-electron chi connectivity index (χ1n) is 6.98. The first kappa shape index (κ1) is 16.2. The molecular weight excluding hydrogens is 254 g/mol. The number of hydrogen-bond donors (Lipinski definition) is 1. The molecule has 0 saturated carbocycles. The molecule has 0 radical (unpaired) electrons. The van der Waals surface area contributed by atoms with E-state index in [1.54, 1.807) is 12.1 Å². The highest BCUT2D eigenvalue weighted by Gasteiger charge is 2.28. The first-order chi connectivity index (χ1) is 9.38.